The molecule has 3 aromatic rings. The number of thioether (sulfide) groups is 1. The number of carbonyl (C=O) groups excluding carboxylic acids is 1. The molecular formula is C27H25N5O3S. The van der Waals surface area contributed by atoms with Crippen molar-refractivity contribution in [2.24, 2.45) is 10.1 Å². The number of benzene rings is 2. The number of fused-ring (bicyclic) bond motifs is 1. The smallest absolute Gasteiger partial charge is 0.283 e. The summed E-state index contributed by atoms with van der Waals surface area (Å²) in [6.45, 7) is 6.80. The van der Waals surface area contributed by atoms with E-state index in [0.29, 0.717) is 16.8 Å². The third kappa shape index (κ3) is 4.57. The van der Waals surface area contributed by atoms with Crippen LogP contribution in [0.15, 0.2) is 76.3 Å². The summed E-state index contributed by atoms with van der Waals surface area (Å²) in [5, 5.41) is 15.5. The predicted octanol–water partition coefficient (Wildman–Crippen LogP) is 5.19. The number of nitrogens with one attached hydrogen (secondary N) is 1. The molecule has 0 radical (unpaired) electrons. The Labute approximate surface area is 213 Å². The van der Waals surface area contributed by atoms with Crippen LogP contribution in [0.25, 0.3) is 11.8 Å². The second-order valence-electron chi connectivity index (χ2n) is 8.20. The molecule has 36 heavy (non-hydrogen) atoms. The Kier molecular flexibility index (Phi) is 6.47. The monoisotopic (exact) mass is 499 g/mol. The molecule has 2 aliphatic rings. The second kappa shape index (κ2) is 9.87. The van der Waals surface area contributed by atoms with Gasteiger partial charge in [-0.15, -0.1) is 0 Å². The van der Waals surface area contributed by atoms with E-state index < -0.39 is 5.91 Å². The summed E-state index contributed by atoms with van der Waals surface area (Å²) in [7, 11) is 0. The van der Waals surface area contributed by atoms with Gasteiger partial charge in [-0.3, -0.25) is 10.2 Å². The predicted molar refractivity (Wildman–Crippen MR) is 143 cm³/mol. The number of amidine groups is 2. The van der Waals surface area contributed by atoms with E-state index in [4.69, 9.17) is 14.9 Å². The highest BCUT2D eigenvalue weighted by atomic mass is 32.2. The van der Waals surface area contributed by atoms with Crippen molar-refractivity contribution < 1.29 is 14.3 Å². The highest BCUT2D eigenvalue weighted by Crippen LogP contribution is 2.30. The maximum Gasteiger partial charge on any atom is 0.283 e. The van der Waals surface area contributed by atoms with Crippen LogP contribution in [0.2, 0.25) is 0 Å². The van der Waals surface area contributed by atoms with Crippen LogP contribution in [0.5, 0.6) is 11.5 Å². The van der Waals surface area contributed by atoms with E-state index in [9.17, 15) is 4.79 Å². The van der Waals surface area contributed by atoms with Crippen LogP contribution in [0.3, 0.4) is 0 Å². The van der Waals surface area contributed by atoms with E-state index in [1.54, 1.807) is 6.08 Å². The second-order valence-corrected chi connectivity index (χ2v) is 9.24. The number of hydrogen-bond acceptors (Lipinski definition) is 6. The van der Waals surface area contributed by atoms with Crippen molar-refractivity contribution in [1.29, 1.82) is 5.41 Å². The van der Waals surface area contributed by atoms with Crippen molar-refractivity contribution in [3.63, 3.8) is 0 Å². The number of amides is 1. The highest BCUT2D eigenvalue weighted by Gasteiger charge is 2.36. The molecule has 0 aliphatic carbocycles. The minimum absolute atomic E-state index is 0.00178. The van der Waals surface area contributed by atoms with Crippen LogP contribution in [0.1, 0.15) is 23.9 Å². The van der Waals surface area contributed by atoms with Gasteiger partial charge in [0.2, 0.25) is 5.17 Å². The lowest BCUT2D eigenvalue weighted by molar-refractivity contribution is -0.114. The molecule has 9 heteroatoms. The van der Waals surface area contributed by atoms with Crippen molar-refractivity contribution in [2.45, 2.75) is 20.8 Å². The normalized spacial score (nSPS) is 16.2. The average molecular weight is 500 g/mol. The Balaban J connectivity index is 1.38. The van der Waals surface area contributed by atoms with E-state index in [1.165, 1.54) is 16.8 Å². The van der Waals surface area contributed by atoms with Crippen LogP contribution in [-0.4, -0.2) is 44.7 Å². The van der Waals surface area contributed by atoms with E-state index >= 15 is 0 Å². The fraction of sp³-hybridized carbons (Fsp3) is 0.185. The molecule has 1 amide bonds. The quantitative estimate of drug-likeness (QED) is 0.452. The van der Waals surface area contributed by atoms with Crippen molar-refractivity contribution in [3.8, 4) is 17.2 Å². The Bertz CT molecular complexity index is 1420. The Morgan fingerprint density at radius 3 is 2.47 bits per heavy atom. The number of hydrazone groups is 1. The zero-order valence-corrected chi connectivity index (χ0v) is 21.0. The molecule has 0 unspecified atom stereocenters. The van der Waals surface area contributed by atoms with Gasteiger partial charge in [0.15, 0.2) is 5.84 Å². The van der Waals surface area contributed by atoms with Crippen LogP contribution in [-0.2, 0) is 4.79 Å². The first kappa shape index (κ1) is 23.6. The number of para-hydroxylation sites is 1. The van der Waals surface area contributed by atoms with Gasteiger partial charge in [0, 0.05) is 17.1 Å². The fourth-order valence-corrected chi connectivity index (χ4v) is 4.89. The molecule has 5 rings (SSSR count). The first-order valence-corrected chi connectivity index (χ1v) is 12.4. The Morgan fingerprint density at radius 2 is 1.75 bits per heavy atom. The summed E-state index contributed by atoms with van der Waals surface area (Å²) in [6.07, 6.45) is 1.72. The van der Waals surface area contributed by atoms with Gasteiger partial charge in [0.1, 0.15) is 23.1 Å². The molecule has 0 spiro atoms. The van der Waals surface area contributed by atoms with Crippen LogP contribution in [0, 0.1) is 19.3 Å². The summed E-state index contributed by atoms with van der Waals surface area (Å²) < 4.78 is 13.4. The third-order valence-electron chi connectivity index (χ3n) is 5.78. The largest absolute Gasteiger partial charge is 0.494 e. The lowest BCUT2D eigenvalue weighted by Crippen LogP contribution is -2.35. The van der Waals surface area contributed by atoms with Gasteiger partial charge >= 0.3 is 0 Å². The number of aromatic nitrogens is 1. The summed E-state index contributed by atoms with van der Waals surface area (Å²) >= 11 is 1.24. The first-order chi connectivity index (χ1) is 17.4. The fourth-order valence-electron chi connectivity index (χ4n) is 4.10. The number of nitrogens with zero attached hydrogens (tertiary/aromatic N) is 4. The maximum absolute atomic E-state index is 12.9. The number of hydrogen-bond donors (Lipinski definition) is 1. The van der Waals surface area contributed by atoms with Crippen molar-refractivity contribution in [1.82, 2.24) is 9.58 Å². The highest BCUT2D eigenvalue weighted by molar-refractivity contribution is 8.27. The average Bonchev–Trinajstić information content (AvgIpc) is 3.41. The van der Waals surface area contributed by atoms with E-state index in [1.807, 2.05) is 81.4 Å². The lowest BCUT2D eigenvalue weighted by atomic mass is 10.1. The van der Waals surface area contributed by atoms with Crippen LogP contribution >= 0.6 is 11.8 Å². The number of aliphatic imine (C=N–C) groups is 1. The number of carbonyl (C=O) groups is 1. The molecular weight excluding hydrogens is 474 g/mol. The molecule has 182 valence electrons. The van der Waals surface area contributed by atoms with Crippen LogP contribution < -0.4 is 9.47 Å². The molecule has 1 N–H and O–H groups in total. The Morgan fingerprint density at radius 1 is 1.03 bits per heavy atom. The summed E-state index contributed by atoms with van der Waals surface area (Å²) in [4.78, 5) is 17.1. The van der Waals surface area contributed by atoms with E-state index in [-0.39, 0.29) is 18.0 Å². The number of ether oxygens (including phenoxy) is 2. The first-order valence-electron chi connectivity index (χ1n) is 11.5. The minimum Gasteiger partial charge on any atom is -0.494 e. The molecule has 0 saturated heterocycles. The lowest BCUT2D eigenvalue weighted by Gasteiger charge is -2.20. The molecule has 0 saturated carbocycles. The SMILES string of the molecule is CCOc1ccc(-n2c(C)cc(/C=C3/C(=N)N4N=C(COc5ccccc5)SC4=NC3=O)c2C)cc1. The van der Waals surface area contributed by atoms with Crippen molar-refractivity contribution in [3.05, 3.63) is 83.2 Å². The topological polar surface area (TPSA) is 92.3 Å². The van der Waals surface area contributed by atoms with Crippen molar-refractivity contribution in [2.75, 3.05) is 13.2 Å². The van der Waals surface area contributed by atoms with E-state index in [0.717, 1.165) is 34.1 Å². The molecule has 0 bridgehead atoms. The summed E-state index contributed by atoms with van der Waals surface area (Å²) in [5.74, 6) is 1.09. The van der Waals surface area contributed by atoms with Gasteiger partial charge in [-0.1, -0.05) is 18.2 Å². The van der Waals surface area contributed by atoms with Gasteiger partial charge in [-0.2, -0.15) is 15.1 Å². The number of rotatable bonds is 7. The molecule has 3 heterocycles. The minimum atomic E-state index is -0.454. The van der Waals surface area contributed by atoms with Gasteiger partial charge < -0.3 is 14.0 Å². The molecule has 2 aromatic carbocycles. The summed E-state index contributed by atoms with van der Waals surface area (Å²) in [6, 6.07) is 19.3. The maximum atomic E-state index is 12.9. The Hall–Kier alpha value is -4.11. The molecule has 8 nitrogen and oxygen atoms in total. The third-order valence-corrected chi connectivity index (χ3v) is 6.66. The van der Waals surface area contributed by atoms with Gasteiger partial charge in [-0.05, 0) is 86.6 Å². The van der Waals surface area contributed by atoms with E-state index in [2.05, 4.69) is 14.7 Å². The van der Waals surface area contributed by atoms with Crippen molar-refractivity contribution >= 4 is 39.8 Å². The van der Waals surface area contributed by atoms with Gasteiger partial charge in [0.05, 0.1) is 12.2 Å². The number of aryl methyl sites for hydroxylation is 1. The molecule has 2 aliphatic heterocycles. The molecule has 1 aromatic heterocycles. The zero-order chi connectivity index (χ0) is 25.2. The van der Waals surface area contributed by atoms with Gasteiger partial charge in [0.25, 0.3) is 5.91 Å². The van der Waals surface area contributed by atoms with Gasteiger partial charge in [-0.25, -0.2) is 0 Å². The van der Waals surface area contributed by atoms with Crippen LogP contribution in [0.4, 0.5) is 0 Å². The standard InChI is InChI=1S/C27H25N5O3S/c1-4-34-22-12-10-20(11-13-22)31-17(2)14-19(18(31)3)15-23-25(28)32-27(29-26(23)33)36-24(30-32)16-35-21-8-6-5-7-9-21/h5-15,28H,4,16H2,1-3H3/b23-15-,28-25?. The summed E-state index contributed by atoms with van der Waals surface area (Å²) in [5.41, 5.74) is 4.00. The molecule has 0 atom stereocenters. The zero-order valence-electron chi connectivity index (χ0n) is 20.2. The molecule has 0 fully saturated rings.